The van der Waals surface area contributed by atoms with Crippen LogP contribution in [0, 0.1) is 10.1 Å². The minimum atomic E-state index is -1.50. The fraction of sp³-hybridized carbons (Fsp3) is 0.667. The minimum absolute atomic E-state index is 0.0694. The lowest BCUT2D eigenvalue weighted by Gasteiger charge is -1.80. The summed E-state index contributed by atoms with van der Waals surface area (Å²) in [4.78, 5) is 17.9. The smallest absolute Gasteiger partial charge is 0.304 e. The lowest BCUT2D eigenvalue weighted by molar-refractivity contribution is -0.742. The summed E-state index contributed by atoms with van der Waals surface area (Å²) >= 11 is 0. The van der Waals surface area contributed by atoms with E-state index < -0.39 is 11.1 Å². The SMILES string of the molecule is NCCC(=O)O.O=[N+]([O-])O. The van der Waals surface area contributed by atoms with E-state index in [0.29, 0.717) is 0 Å². The number of rotatable bonds is 2. The van der Waals surface area contributed by atoms with Crippen molar-refractivity contribution in [3.8, 4) is 0 Å². The van der Waals surface area contributed by atoms with Gasteiger partial charge in [-0.05, 0) is 0 Å². The number of carbonyl (C=O) groups is 1. The molecular weight excluding hydrogens is 144 g/mol. The van der Waals surface area contributed by atoms with Crippen molar-refractivity contribution in [2.24, 2.45) is 5.73 Å². The molecule has 0 saturated heterocycles. The molecule has 4 N–H and O–H groups in total. The Morgan fingerprint density at radius 2 is 2.00 bits per heavy atom. The normalized spacial score (nSPS) is 7.30. The minimum Gasteiger partial charge on any atom is -0.481 e. The van der Waals surface area contributed by atoms with Gasteiger partial charge in [0.2, 0.25) is 0 Å². The van der Waals surface area contributed by atoms with Gasteiger partial charge < -0.3 is 16.0 Å². The predicted octanol–water partition coefficient (Wildman–Crippen LogP) is -0.928. The van der Waals surface area contributed by atoms with Crippen molar-refractivity contribution >= 4 is 5.97 Å². The van der Waals surface area contributed by atoms with E-state index in [4.69, 9.17) is 26.2 Å². The summed E-state index contributed by atoms with van der Waals surface area (Å²) in [5, 5.41) is 21.5. The fourth-order valence-electron chi connectivity index (χ4n) is 0.123. The summed E-state index contributed by atoms with van der Waals surface area (Å²) in [5.41, 5.74) is 4.85. The van der Waals surface area contributed by atoms with Gasteiger partial charge in [-0.1, -0.05) is 0 Å². The first kappa shape index (κ1) is 11.4. The van der Waals surface area contributed by atoms with E-state index in [-0.39, 0.29) is 13.0 Å². The molecule has 7 heteroatoms. The quantitative estimate of drug-likeness (QED) is 0.346. The first-order valence-corrected chi connectivity index (χ1v) is 2.25. The third-order valence-electron chi connectivity index (χ3n) is 0.358. The summed E-state index contributed by atoms with van der Waals surface area (Å²) in [6, 6.07) is 0. The maximum absolute atomic E-state index is 9.52. The van der Waals surface area contributed by atoms with Gasteiger partial charge in [0.25, 0.3) is 5.09 Å². The van der Waals surface area contributed by atoms with Crippen LogP contribution < -0.4 is 5.73 Å². The summed E-state index contributed by atoms with van der Waals surface area (Å²) in [5.74, 6) is -0.836. The molecule has 0 aliphatic heterocycles. The predicted molar refractivity (Wildman–Crippen MR) is 30.1 cm³/mol. The van der Waals surface area contributed by atoms with Crippen molar-refractivity contribution in [2.75, 3.05) is 6.54 Å². The molecule has 0 aliphatic rings. The van der Waals surface area contributed by atoms with Gasteiger partial charge in [0.05, 0.1) is 6.42 Å². The van der Waals surface area contributed by atoms with Crippen LogP contribution in [0.15, 0.2) is 0 Å². The molecule has 0 rings (SSSR count). The van der Waals surface area contributed by atoms with Crippen LogP contribution in [-0.2, 0) is 4.79 Å². The summed E-state index contributed by atoms with van der Waals surface area (Å²) in [7, 11) is 0. The van der Waals surface area contributed by atoms with Gasteiger partial charge in [0.15, 0.2) is 0 Å². The Morgan fingerprint density at radius 3 is 2.00 bits per heavy atom. The molecule has 0 amide bonds. The highest BCUT2D eigenvalue weighted by molar-refractivity contribution is 5.66. The largest absolute Gasteiger partial charge is 0.481 e. The highest BCUT2D eigenvalue weighted by atomic mass is 16.9. The number of nitrogens with two attached hydrogens (primary N) is 1. The molecule has 7 nitrogen and oxygen atoms in total. The standard InChI is InChI=1S/C3H7NO2.HNO3/c4-2-1-3(5)6;2-1(3)4/h1-2,4H2,(H,5,6);(H,2,3,4). The zero-order valence-corrected chi connectivity index (χ0v) is 5.06. The number of aliphatic carboxylic acids is 1. The van der Waals surface area contributed by atoms with Gasteiger partial charge in [-0.2, -0.15) is 0 Å². The Kier molecular flexibility index (Phi) is 8.72. The van der Waals surface area contributed by atoms with Gasteiger partial charge in [0, 0.05) is 6.54 Å². The fourth-order valence-corrected chi connectivity index (χ4v) is 0.123. The molecule has 0 aromatic carbocycles. The lowest BCUT2D eigenvalue weighted by atomic mass is 10.5. The van der Waals surface area contributed by atoms with Crippen molar-refractivity contribution < 1.29 is 20.2 Å². The average Bonchev–Trinajstić information content (AvgIpc) is 1.62. The van der Waals surface area contributed by atoms with Crippen LogP contribution in [0.3, 0.4) is 0 Å². The molecular formula is C3H8N2O5. The van der Waals surface area contributed by atoms with E-state index in [1.165, 1.54) is 0 Å². The van der Waals surface area contributed by atoms with Crippen LogP contribution in [0.4, 0.5) is 0 Å². The van der Waals surface area contributed by atoms with Crippen LogP contribution >= 0.6 is 0 Å². The van der Waals surface area contributed by atoms with Gasteiger partial charge in [-0.25, -0.2) is 0 Å². The molecule has 0 aliphatic carbocycles. The van der Waals surface area contributed by atoms with Crippen molar-refractivity contribution in [1.29, 1.82) is 0 Å². The van der Waals surface area contributed by atoms with E-state index in [0.717, 1.165) is 0 Å². The summed E-state index contributed by atoms with van der Waals surface area (Å²) in [6.07, 6.45) is 0.0694. The van der Waals surface area contributed by atoms with Crippen LogP contribution in [0.1, 0.15) is 6.42 Å². The Hall–Kier alpha value is -1.37. The second kappa shape index (κ2) is 7.63. The van der Waals surface area contributed by atoms with Crippen molar-refractivity contribution in [3.05, 3.63) is 10.1 Å². The van der Waals surface area contributed by atoms with Crippen LogP contribution in [0.2, 0.25) is 0 Å². The zero-order valence-electron chi connectivity index (χ0n) is 5.06. The maximum Gasteiger partial charge on any atom is 0.304 e. The third kappa shape index (κ3) is 79.1. The van der Waals surface area contributed by atoms with E-state index in [2.05, 4.69) is 0 Å². The zero-order chi connectivity index (χ0) is 8.57. The van der Waals surface area contributed by atoms with Crippen LogP contribution in [0.5, 0.6) is 0 Å². The number of hydrogen-bond donors (Lipinski definition) is 3. The van der Waals surface area contributed by atoms with E-state index in [1.807, 2.05) is 0 Å². The molecule has 0 saturated carbocycles. The van der Waals surface area contributed by atoms with E-state index in [9.17, 15) is 4.79 Å². The lowest BCUT2D eigenvalue weighted by Crippen LogP contribution is -2.05. The Bertz CT molecular complexity index is 109. The molecule has 0 aromatic rings. The Morgan fingerprint density at radius 1 is 1.70 bits per heavy atom. The van der Waals surface area contributed by atoms with E-state index in [1.54, 1.807) is 0 Å². The van der Waals surface area contributed by atoms with Gasteiger partial charge >= 0.3 is 5.97 Å². The highest BCUT2D eigenvalue weighted by Gasteiger charge is 1.87. The molecule has 0 unspecified atom stereocenters. The topological polar surface area (TPSA) is 127 Å². The van der Waals surface area contributed by atoms with Crippen molar-refractivity contribution in [3.63, 3.8) is 0 Å². The van der Waals surface area contributed by atoms with E-state index >= 15 is 0 Å². The number of carboxylic acids is 1. The van der Waals surface area contributed by atoms with Gasteiger partial charge in [-0.15, -0.1) is 10.1 Å². The Labute approximate surface area is 56.2 Å². The van der Waals surface area contributed by atoms with Gasteiger partial charge in [0.1, 0.15) is 0 Å². The highest BCUT2D eigenvalue weighted by Crippen LogP contribution is 1.67. The number of carboxylic acid groups (broad SMARTS) is 1. The number of hydrogen-bond acceptors (Lipinski definition) is 4. The molecule has 60 valence electrons. The monoisotopic (exact) mass is 152 g/mol. The molecule has 0 atom stereocenters. The first-order valence-electron chi connectivity index (χ1n) is 2.25. The molecule has 0 bridgehead atoms. The number of nitrogens with zero attached hydrogens (tertiary/aromatic N) is 1. The average molecular weight is 152 g/mol. The molecule has 0 spiro atoms. The van der Waals surface area contributed by atoms with Crippen LogP contribution in [0.25, 0.3) is 0 Å². The van der Waals surface area contributed by atoms with Gasteiger partial charge in [-0.3, -0.25) is 4.79 Å². The molecule has 0 heterocycles. The third-order valence-corrected chi connectivity index (χ3v) is 0.358. The second-order valence-electron chi connectivity index (χ2n) is 1.17. The van der Waals surface area contributed by atoms with Crippen molar-refractivity contribution in [2.45, 2.75) is 6.42 Å². The molecule has 0 radical (unpaired) electrons. The summed E-state index contributed by atoms with van der Waals surface area (Å²) in [6.45, 7) is 0.231. The van der Waals surface area contributed by atoms with Crippen molar-refractivity contribution in [1.82, 2.24) is 0 Å². The maximum atomic E-state index is 9.52. The second-order valence-corrected chi connectivity index (χ2v) is 1.17. The first-order chi connectivity index (χ1) is 4.50. The molecule has 10 heavy (non-hydrogen) atoms. The molecule has 0 fully saturated rings. The van der Waals surface area contributed by atoms with Crippen LogP contribution in [-0.4, -0.2) is 27.9 Å². The summed E-state index contributed by atoms with van der Waals surface area (Å²) < 4.78 is 0. The molecule has 0 aromatic heterocycles. The Balaban J connectivity index is 0.